The standard InChI is InChI=1S/C16H21N3O2S/c1-19(12-16-18-9-10-22-16)11-15(20)17-8-7-13-3-5-14(21-2)6-4-13/h3-6,9-10H,7-8,11-12H2,1-2H3,(H,17,20). The van der Waals surface area contributed by atoms with Crippen LogP contribution >= 0.6 is 11.3 Å². The molecule has 0 atom stereocenters. The van der Waals surface area contributed by atoms with Gasteiger partial charge in [-0.15, -0.1) is 11.3 Å². The van der Waals surface area contributed by atoms with Crippen LogP contribution in [0, 0.1) is 0 Å². The van der Waals surface area contributed by atoms with E-state index in [0.717, 1.165) is 17.2 Å². The topological polar surface area (TPSA) is 54.5 Å². The average Bonchev–Trinajstić information content (AvgIpc) is 3.00. The lowest BCUT2D eigenvalue weighted by Crippen LogP contribution is -2.35. The van der Waals surface area contributed by atoms with E-state index in [2.05, 4.69) is 10.3 Å². The van der Waals surface area contributed by atoms with E-state index >= 15 is 0 Å². The molecule has 0 aliphatic rings. The van der Waals surface area contributed by atoms with E-state index in [1.165, 1.54) is 5.56 Å². The minimum absolute atomic E-state index is 0.0348. The molecule has 2 rings (SSSR count). The Morgan fingerprint density at radius 1 is 1.36 bits per heavy atom. The Balaban J connectivity index is 1.66. The average molecular weight is 319 g/mol. The molecular weight excluding hydrogens is 298 g/mol. The first-order valence-corrected chi connectivity index (χ1v) is 8.02. The van der Waals surface area contributed by atoms with Crippen molar-refractivity contribution in [1.82, 2.24) is 15.2 Å². The van der Waals surface area contributed by atoms with Gasteiger partial charge in [0.15, 0.2) is 0 Å². The van der Waals surface area contributed by atoms with Crippen LogP contribution in [0.15, 0.2) is 35.8 Å². The maximum absolute atomic E-state index is 11.9. The lowest BCUT2D eigenvalue weighted by molar-refractivity contribution is -0.122. The van der Waals surface area contributed by atoms with Crippen molar-refractivity contribution in [2.45, 2.75) is 13.0 Å². The van der Waals surface area contributed by atoms with Gasteiger partial charge in [0.25, 0.3) is 0 Å². The summed E-state index contributed by atoms with van der Waals surface area (Å²) in [6, 6.07) is 7.89. The van der Waals surface area contributed by atoms with Crippen LogP contribution in [0.3, 0.4) is 0 Å². The van der Waals surface area contributed by atoms with Crippen molar-refractivity contribution in [1.29, 1.82) is 0 Å². The van der Waals surface area contributed by atoms with Gasteiger partial charge in [0.2, 0.25) is 5.91 Å². The fourth-order valence-corrected chi connectivity index (χ4v) is 2.75. The summed E-state index contributed by atoms with van der Waals surface area (Å²) >= 11 is 1.60. The van der Waals surface area contributed by atoms with Gasteiger partial charge in [0.1, 0.15) is 10.8 Å². The molecule has 1 amide bonds. The van der Waals surface area contributed by atoms with Crippen molar-refractivity contribution >= 4 is 17.2 Å². The van der Waals surface area contributed by atoms with E-state index in [0.29, 0.717) is 19.6 Å². The predicted molar refractivity (Wildman–Crippen MR) is 88.2 cm³/mol. The van der Waals surface area contributed by atoms with Crippen molar-refractivity contribution < 1.29 is 9.53 Å². The molecule has 0 fully saturated rings. The molecule has 5 nitrogen and oxygen atoms in total. The minimum atomic E-state index is 0.0348. The van der Waals surface area contributed by atoms with E-state index in [9.17, 15) is 4.79 Å². The van der Waals surface area contributed by atoms with Gasteiger partial charge < -0.3 is 10.1 Å². The third-order valence-electron chi connectivity index (χ3n) is 3.20. The fraction of sp³-hybridized carbons (Fsp3) is 0.375. The van der Waals surface area contributed by atoms with Gasteiger partial charge in [-0.1, -0.05) is 12.1 Å². The Bertz CT molecular complexity index is 570. The third kappa shape index (κ3) is 5.46. The molecule has 6 heteroatoms. The molecule has 0 aliphatic heterocycles. The number of hydrogen-bond donors (Lipinski definition) is 1. The first-order chi connectivity index (χ1) is 10.7. The number of amides is 1. The van der Waals surface area contributed by atoms with Gasteiger partial charge in [-0.2, -0.15) is 0 Å². The molecular formula is C16H21N3O2S. The number of carbonyl (C=O) groups excluding carboxylic acids is 1. The normalized spacial score (nSPS) is 10.7. The number of methoxy groups -OCH3 is 1. The summed E-state index contributed by atoms with van der Waals surface area (Å²) in [5.41, 5.74) is 1.18. The number of ether oxygens (including phenoxy) is 1. The summed E-state index contributed by atoms with van der Waals surface area (Å²) in [5, 5.41) is 5.91. The van der Waals surface area contributed by atoms with Gasteiger partial charge >= 0.3 is 0 Å². The molecule has 0 saturated carbocycles. The van der Waals surface area contributed by atoms with Gasteiger partial charge in [-0.3, -0.25) is 9.69 Å². The summed E-state index contributed by atoms with van der Waals surface area (Å²) < 4.78 is 5.12. The second kappa shape index (κ2) is 8.51. The first kappa shape index (κ1) is 16.5. The summed E-state index contributed by atoms with van der Waals surface area (Å²) in [6.45, 7) is 1.71. The van der Waals surface area contributed by atoms with Crippen LogP contribution in [0.4, 0.5) is 0 Å². The van der Waals surface area contributed by atoms with E-state index in [-0.39, 0.29) is 5.91 Å². The monoisotopic (exact) mass is 319 g/mol. The summed E-state index contributed by atoms with van der Waals surface area (Å²) in [5.74, 6) is 0.879. The van der Waals surface area contributed by atoms with Crippen LogP contribution in [0.1, 0.15) is 10.6 Å². The smallest absolute Gasteiger partial charge is 0.234 e. The maximum atomic E-state index is 11.9. The Kier molecular flexibility index (Phi) is 6.36. The highest BCUT2D eigenvalue weighted by molar-refractivity contribution is 7.09. The quantitative estimate of drug-likeness (QED) is 0.808. The van der Waals surface area contributed by atoms with Gasteiger partial charge in [0, 0.05) is 18.1 Å². The van der Waals surface area contributed by atoms with Crippen molar-refractivity contribution in [3.8, 4) is 5.75 Å². The molecule has 0 radical (unpaired) electrons. The molecule has 1 aromatic carbocycles. The van der Waals surface area contributed by atoms with Crippen molar-refractivity contribution in [2.24, 2.45) is 0 Å². The van der Waals surface area contributed by atoms with Crippen LogP contribution in [0.5, 0.6) is 5.75 Å². The Hall–Kier alpha value is -1.92. The lowest BCUT2D eigenvalue weighted by Gasteiger charge is -2.14. The van der Waals surface area contributed by atoms with Crippen molar-refractivity contribution in [3.63, 3.8) is 0 Å². The number of likely N-dealkylation sites (N-methyl/N-ethyl adjacent to an activating group) is 1. The van der Waals surface area contributed by atoms with E-state index in [4.69, 9.17) is 4.74 Å². The van der Waals surface area contributed by atoms with Gasteiger partial charge in [-0.25, -0.2) is 4.98 Å². The van der Waals surface area contributed by atoms with Crippen LogP contribution in [0.2, 0.25) is 0 Å². The highest BCUT2D eigenvalue weighted by atomic mass is 32.1. The minimum Gasteiger partial charge on any atom is -0.497 e. The number of benzene rings is 1. The molecule has 0 aliphatic carbocycles. The van der Waals surface area contributed by atoms with E-state index < -0.39 is 0 Å². The highest BCUT2D eigenvalue weighted by Crippen LogP contribution is 2.11. The van der Waals surface area contributed by atoms with Crippen molar-refractivity contribution in [3.05, 3.63) is 46.4 Å². The lowest BCUT2D eigenvalue weighted by atomic mass is 10.1. The Labute approximate surface area is 134 Å². The second-order valence-corrected chi connectivity index (χ2v) is 6.03. The number of nitrogens with one attached hydrogen (secondary N) is 1. The van der Waals surface area contributed by atoms with Crippen molar-refractivity contribution in [2.75, 3.05) is 27.2 Å². The van der Waals surface area contributed by atoms with Crippen LogP contribution in [0.25, 0.3) is 0 Å². The Morgan fingerprint density at radius 3 is 2.77 bits per heavy atom. The van der Waals surface area contributed by atoms with Crippen LogP contribution in [-0.2, 0) is 17.8 Å². The predicted octanol–water partition coefficient (Wildman–Crippen LogP) is 1.94. The van der Waals surface area contributed by atoms with Crippen LogP contribution < -0.4 is 10.1 Å². The largest absolute Gasteiger partial charge is 0.497 e. The number of rotatable bonds is 8. The number of nitrogens with zero attached hydrogens (tertiary/aromatic N) is 2. The number of thiazole rings is 1. The molecule has 0 bridgehead atoms. The van der Waals surface area contributed by atoms with Gasteiger partial charge in [-0.05, 0) is 31.2 Å². The second-order valence-electron chi connectivity index (χ2n) is 5.05. The molecule has 1 N–H and O–H groups in total. The SMILES string of the molecule is COc1ccc(CCNC(=O)CN(C)Cc2nccs2)cc1. The molecule has 0 unspecified atom stereocenters. The zero-order valence-electron chi connectivity index (χ0n) is 12.9. The highest BCUT2D eigenvalue weighted by Gasteiger charge is 2.08. The number of hydrogen-bond acceptors (Lipinski definition) is 5. The molecule has 0 saturated heterocycles. The van der Waals surface area contributed by atoms with Gasteiger partial charge in [0.05, 0.1) is 20.2 Å². The maximum Gasteiger partial charge on any atom is 0.234 e. The Morgan fingerprint density at radius 2 is 2.14 bits per heavy atom. The molecule has 1 heterocycles. The summed E-state index contributed by atoms with van der Waals surface area (Å²) in [4.78, 5) is 18.1. The first-order valence-electron chi connectivity index (χ1n) is 7.14. The third-order valence-corrected chi connectivity index (χ3v) is 3.96. The summed E-state index contributed by atoms with van der Waals surface area (Å²) in [6.07, 6.45) is 2.59. The number of aromatic nitrogens is 1. The number of carbonyl (C=O) groups is 1. The van der Waals surface area contributed by atoms with Crippen LogP contribution in [-0.4, -0.2) is 43.0 Å². The van der Waals surface area contributed by atoms with E-state index in [1.54, 1.807) is 24.6 Å². The zero-order valence-corrected chi connectivity index (χ0v) is 13.7. The summed E-state index contributed by atoms with van der Waals surface area (Å²) in [7, 11) is 3.57. The molecule has 0 spiro atoms. The zero-order chi connectivity index (χ0) is 15.8. The molecule has 1 aromatic heterocycles. The fourth-order valence-electron chi connectivity index (χ4n) is 2.06. The molecule has 118 valence electrons. The molecule has 22 heavy (non-hydrogen) atoms. The molecule has 2 aromatic rings. The van der Waals surface area contributed by atoms with E-state index in [1.807, 2.05) is 41.6 Å².